The van der Waals surface area contributed by atoms with Crippen LogP contribution in [0.25, 0.3) is 0 Å². The van der Waals surface area contributed by atoms with Crippen LogP contribution in [0.2, 0.25) is 0 Å². The fraction of sp³-hybridized carbons (Fsp3) is 0.636. The van der Waals surface area contributed by atoms with Gasteiger partial charge in [0.05, 0.1) is 12.2 Å². The molecule has 0 bridgehead atoms. The van der Waals surface area contributed by atoms with E-state index in [2.05, 4.69) is 51.5 Å². The molecule has 0 saturated carbocycles. The third-order valence-corrected chi connectivity index (χ3v) is 5.93. The molecule has 2 atom stereocenters. The predicted octanol–water partition coefficient (Wildman–Crippen LogP) is 4.86. The Kier molecular flexibility index (Phi) is 4.50. The van der Waals surface area contributed by atoms with Gasteiger partial charge in [-0.05, 0) is 48.2 Å². The second-order valence-corrected chi connectivity index (χ2v) is 6.91. The van der Waals surface area contributed by atoms with Gasteiger partial charge in [0.2, 0.25) is 0 Å². The molecule has 2 rings (SSSR count). The minimum atomic E-state index is 0.341. The SMILES string of the molecule is Cc1sc(C2CCCC(CI)O2)cc1Br. The number of thiophene rings is 1. The summed E-state index contributed by atoms with van der Waals surface area (Å²) in [6.07, 6.45) is 4.51. The van der Waals surface area contributed by atoms with Gasteiger partial charge in [-0.2, -0.15) is 0 Å². The van der Waals surface area contributed by atoms with Crippen LogP contribution >= 0.6 is 49.9 Å². The van der Waals surface area contributed by atoms with Crippen molar-refractivity contribution in [2.45, 2.75) is 38.4 Å². The molecular formula is C11H14BrIOS. The zero-order valence-corrected chi connectivity index (χ0v) is 13.2. The lowest BCUT2D eigenvalue weighted by atomic mass is 10.0. The number of aryl methyl sites for hydroxylation is 1. The molecule has 2 unspecified atom stereocenters. The summed E-state index contributed by atoms with van der Waals surface area (Å²) in [6, 6.07) is 2.22. The Morgan fingerprint density at radius 3 is 3.00 bits per heavy atom. The molecule has 84 valence electrons. The van der Waals surface area contributed by atoms with Gasteiger partial charge in [0.25, 0.3) is 0 Å². The first-order chi connectivity index (χ1) is 7.20. The smallest absolute Gasteiger partial charge is 0.0921 e. The van der Waals surface area contributed by atoms with Crippen molar-refractivity contribution in [3.63, 3.8) is 0 Å². The van der Waals surface area contributed by atoms with E-state index in [-0.39, 0.29) is 0 Å². The summed E-state index contributed by atoms with van der Waals surface area (Å²) < 4.78 is 8.41. The average molecular weight is 401 g/mol. The highest BCUT2D eigenvalue weighted by molar-refractivity contribution is 14.1. The highest BCUT2D eigenvalue weighted by Crippen LogP contribution is 2.38. The van der Waals surface area contributed by atoms with E-state index < -0.39 is 0 Å². The Bertz CT molecular complexity index is 320. The van der Waals surface area contributed by atoms with E-state index in [1.54, 1.807) is 0 Å². The first kappa shape index (κ1) is 12.3. The van der Waals surface area contributed by atoms with Crippen LogP contribution in [-0.2, 0) is 4.74 Å². The molecule has 1 aliphatic heterocycles. The number of hydrogen-bond acceptors (Lipinski definition) is 2. The molecule has 0 radical (unpaired) electrons. The lowest BCUT2D eigenvalue weighted by Crippen LogP contribution is -2.22. The van der Waals surface area contributed by atoms with Crippen LogP contribution in [0.15, 0.2) is 10.5 Å². The minimum Gasteiger partial charge on any atom is -0.369 e. The molecule has 0 aromatic carbocycles. The van der Waals surface area contributed by atoms with Gasteiger partial charge in [0, 0.05) is 18.7 Å². The minimum absolute atomic E-state index is 0.341. The lowest BCUT2D eigenvalue weighted by Gasteiger charge is -2.28. The maximum absolute atomic E-state index is 6.07. The van der Waals surface area contributed by atoms with Gasteiger partial charge in [0.15, 0.2) is 0 Å². The molecule has 1 aromatic heterocycles. The largest absolute Gasteiger partial charge is 0.369 e. The van der Waals surface area contributed by atoms with Gasteiger partial charge in [-0.25, -0.2) is 0 Å². The number of ether oxygens (including phenoxy) is 1. The molecule has 1 aromatic rings. The van der Waals surface area contributed by atoms with E-state index in [1.807, 2.05) is 11.3 Å². The normalized spacial score (nSPS) is 26.9. The third-order valence-electron chi connectivity index (χ3n) is 2.71. The van der Waals surface area contributed by atoms with Crippen LogP contribution in [0.3, 0.4) is 0 Å². The molecule has 1 aliphatic rings. The molecule has 2 heterocycles. The Labute approximate surface area is 117 Å². The van der Waals surface area contributed by atoms with Crippen LogP contribution in [0.5, 0.6) is 0 Å². The Balaban J connectivity index is 2.09. The second-order valence-electron chi connectivity index (χ2n) is 3.88. The summed E-state index contributed by atoms with van der Waals surface area (Å²) in [4.78, 5) is 2.74. The molecular weight excluding hydrogens is 387 g/mol. The summed E-state index contributed by atoms with van der Waals surface area (Å²) in [5.41, 5.74) is 0. The maximum atomic E-state index is 6.07. The monoisotopic (exact) mass is 400 g/mol. The summed E-state index contributed by atoms with van der Waals surface area (Å²) in [6.45, 7) is 2.15. The molecule has 1 fully saturated rings. The van der Waals surface area contributed by atoms with Crippen molar-refractivity contribution in [2.75, 3.05) is 4.43 Å². The summed E-state index contributed by atoms with van der Waals surface area (Å²) in [5.74, 6) is 0. The zero-order chi connectivity index (χ0) is 10.8. The van der Waals surface area contributed by atoms with Crippen molar-refractivity contribution < 1.29 is 4.74 Å². The molecule has 0 N–H and O–H groups in total. The van der Waals surface area contributed by atoms with E-state index >= 15 is 0 Å². The van der Waals surface area contributed by atoms with E-state index in [0.717, 1.165) is 4.43 Å². The Morgan fingerprint density at radius 1 is 1.60 bits per heavy atom. The van der Waals surface area contributed by atoms with E-state index in [4.69, 9.17) is 4.74 Å². The van der Waals surface area contributed by atoms with Crippen LogP contribution in [-0.4, -0.2) is 10.5 Å². The van der Waals surface area contributed by atoms with Crippen molar-refractivity contribution in [1.29, 1.82) is 0 Å². The predicted molar refractivity (Wildman–Crippen MR) is 77.1 cm³/mol. The number of hydrogen-bond donors (Lipinski definition) is 0. The number of rotatable bonds is 2. The fourth-order valence-electron chi connectivity index (χ4n) is 1.86. The molecule has 0 aliphatic carbocycles. The standard InChI is InChI=1S/C11H14BrIOS/c1-7-9(12)5-11(15-7)10-4-2-3-8(6-13)14-10/h5,8,10H,2-4,6H2,1H3. The molecule has 1 saturated heterocycles. The first-order valence-electron chi connectivity index (χ1n) is 5.18. The quantitative estimate of drug-likeness (QED) is 0.508. The number of alkyl halides is 1. The van der Waals surface area contributed by atoms with Crippen LogP contribution in [0.1, 0.15) is 35.1 Å². The molecule has 0 amide bonds. The summed E-state index contributed by atoms with van der Waals surface area (Å²) >= 11 is 7.84. The molecule has 4 heteroatoms. The third kappa shape index (κ3) is 2.96. The first-order valence-corrected chi connectivity index (χ1v) is 8.31. The van der Waals surface area contributed by atoms with Crippen LogP contribution in [0, 0.1) is 6.92 Å². The molecule has 1 nitrogen and oxygen atoms in total. The van der Waals surface area contributed by atoms with Crippen molar-refractivity contribution in [3.05, 3.63) is 20.3 Å². The topological polar surface area (TPSA) is 9.23 Å². The van der Waals surface area contributed by atoms with Crippen molar-refractivity contribution in [1.82, 2.24) is 0 Å². The van der Waals surface area contributed by atoms with E-state index in [1.165, 1.54) is 33.5 Å². The van der Waals surface area contributed by atoms with Gasteiger partial charge in [-0.15, -0.1) is 11.3 Å². The van der Waals surface area contributed by atoms with Crippen LogP contribution < -0.4 is 0 Å². The molecule has 15 heavy (non-hydrogen) atoms. The Morgan fingerprint density at radius 2 is 2.40 bits per heavy atom. The van der Waals surface area contributed by atoms with Crippen molar-refractivity contribution in [3.8, 4) is 0 Å². The Hall–Kier alpha value is 0.870. The maximum Gasteiger partial charge on any atom is 0.0921 e. The van der Waals surface area contributed by atoms with Crippen LogP contribution in [0.4, 0.5) is 0 Å². The van der Waals surface area contributed by atoms with Gasteiger partial charge in [-0.1, -0.05) is 22.6 Å². The second kappa shape index (κ2) is 5.47. The lowest BCUT2D eigenvalue weighted by molar-refractivity contribution is -0.0356. The van der Waals surface area contributed by atoms with Gasteiger partial charge >= 0.3 is 0 Å². The fourth-order valence-corrected chi connectivity index (χ4v) is 4.14. The zero-order valence-electron chi connectivity index (χ0n) is 8.63. The van der Waals surface area contributed by atoms with Gasteiger partial charge in [-0.3, -0.25) is 0 Å². The summed E-state index contributed by atoms with van der Waals surface area (Å²) in [5, 5.41) is 0. The highest BCUT2D eigenvalue weighted by atomic mass is 127. The van der Waals surface area contributed by atoms with Crippen molar-refractivity contribution in [2.24, 2.45) is 0 Å². The highest BCUT2D eigenvalue weighted by Gasteiger charge is 2.24. The number of halogens is 2. The van der Waals surface area contributed by atoms with Crippen molar-refractivity contribution >= 4 is 49.9 Å². The summed E-state index contributed by atoms with van der Waals surface area (Å²) in [7, 11) is 0. The molecule has 0 spiro atoms. The van der Waals surface area contributed by atoms with E-state index in [0.29, 0.717) is 12.2 Å². The van der Waals surface area contributed by atoms with Gasteiger partial charge < -0.3 is 4.74 Å². The average Bonchev–Trinajstić information content (AvgIpc) is 2.59. The van der Waals surface area contributed by atoms with E-state index in [9.17, 15) is 0 Å². The van der Waals surface area contributed by atoms with Gasteiger partial charge in [0.1, 0.15) is 0 Å².